The summed E-state index contributed by atoms with van der Waals surface area (Å²) in [5, 5.41) is 8.81. The van der Waals surface area contributed by atoms with Gasteiger partial charge < -0.3 is 10.0 Å². The highest BCUT2D eigenvalue weighted by Crippen LogP contribution is 2.24. The molecule has 1 saturated carbocycles. The van der Waals surface area contributed by atoms with Gasteiger partial charge in [0.05, 0.1) is 6.61 Å². The Kier molecular flexibility index (Phi) is 4.59. The Bertz CT molecular complexity index is 171. The zero-order chi connectivity index (χ0) is 9.68. The van der Waals surface area contributed by atoms with Crippen LogP contribution in [0.5, 0.6) is 0 Å². The van der Waals surface area contributed by atoms with Crippen molar-refractivity contribution in [3.05, 3.63) is 0 Å². The van der Waals surface area contributed by atoms with Crippen LogP contribution in [0, 0.1) is 0 Å². The minimum Gasteiger partial charge on any atom is -0.395 e. The molecule has 0 aromatic rings. The molecule has 0 bridgehead atoms. The lowest BCUT2D eigenvalue weighted by molar-refractivity contribution is -0.135. The van der Waals surface area contributed by atoms with Crippen LogP contribution in [0.2, 0.25) is 0 Å². The third kappa shape index (κ3) is 2.88. The molecule has 0 unspecified atom stereocenters. The number of hydrogen-bond donors (Lipinski definition) is 2. The van der Waals surface area contributed by atoms with Gasteiger partial charge in [0.1, 0.15) is 0 Å². The molecule has 0 radical (unpaired) electrons. The third-order valence-electron chi connectivity index (χ3n) is 2.50. The molecule has 1 aliphatic rings. The quantitative estimate of drug-likeness (QED) is 0.645. The lowest BCUT2D eigenvalue weighted by atomic mass is 9.91. The molecule has 1 fully saturated rings. The van der Waals surface area contributed by atoms with E-state index in [0.29, 0.717) is 24.8 Å². The molecule has 0 aromatic heterocycles. The summed E-state index contributed by atoms with van der Waals surface area (Å²) in [5.74, 6) is 0.724. The molecular weight excluding hydrogens is 186 g/mol. The van der Waals surface area contributed by atoms with Gasteiger partial charge >= 0.3 is 0 Å². The zero-order valence-electron chi connectivity index (χ0n) is 7.78. The Morgan fingerprint density at radius 2 is 2.23 bits per heavy atom. The van der Waals surface area contributed by atoms with Gasteiger partial charge in [-0.05, 0) is 25.0 Å². The average Bonchev–Trinajstić information content (AvgIpc) is 2.01. The summed E-state index contributed by atoms with van der Waals surface area (Å²) in [6.45, 7) is 0.548. The Labute approximate surface area is 84.5 Å². The second-order valence-corrected chi connectivity index (χ2v) is 3.82. The summed E-state index contributed by atoms with van der Waals surface area (Å²) in [5.41, 5.74) is 0. The van der Waals surface area contributed by atoms with Crippen LogP contribution >= 0.6 is 12.6 Å². The van der Waals surface area contributed by atoms with E-state index in [9.17, 15) is 4.79 Å². The second-order valence-electron chi connectivity index (χ2n) is 3.37. The Hall–Kier alpha value is -0.220. The number of hydrogen-bond acceptors (Lipinski definition) is 3. The van der Waals surface area contributed by atoms with Crippen LogP contribution in [0.1, 0.15) is 25.7 Å². The number of aliphatic hydroxyl groups excluding tert-OH is 1. The largest absolute Gasteiger partial charge is 0.395 e. The average molecular weight is 203 g/mol. The standard InChI is InChI=1S/C9H17NO2S/c11-6-5-10(8-2-1-3-8)9(12)4-7-13/h8,11,13H,1-7H2. The predicted octanol–water partition coefficient (Wildman–Crippen LogP) is 0.680. The minimum absolute atomic E-state index is 0.0643. The Morgan fingerprint density at radius 1 is 1.54 bits per heavy atom. The van der Waals surface area contributed by atoms with E-state index in [1.54, 1.807) is 4.90 Å². The van der Waals surface area contributed by atoms with Gasteiger partial charge in [-0.25, -0.2) is 0 Å². The maximum Gasteiger partial charge on any atom is 0.223 e. The normalized spacial score (nSPS) is 16.8. The Morgan fingerprint density at radius 3 is 2.62 bits per heavy atom. The van der Waals surface area contributed by atoms with Crippen molar-refractivity contribution in [2.24, 2.45) is 0 Å². The first-order valence-corrected chi connectivity index (χ1v) is 5.44. The van der Waals surface area contributed by atoms with E-state index in [1.807, 2.05) is 0 Å². The molecule has 1 aliphatic carbocycles. The Balaban J connectivity index is 2.40. The fourth-order valence-corrected chi connectivity index (χ4v) is 1.75. The highest BCUT2D eigenvalue weighted by atomic mass is 32.1. The van der Waals surface area contributed by atoms with Gasteiger partial charge in [0.15, 0.2) is 0 Å². The molecule has 0 spiro atoms. The van der Waals surface area contributed by atoms with E-state index in [4.69, 9.17) is 5.11 Å². The van der Waals surface area contributed by atoms with E-state index in [-0.39, 0.29) is 12.5 Å². The number of carbonyl (C=O) groups is 1. The maximum atomic E-state index is 11.5. The highest BCUT2D eigenvalue weighted by molar-refractivity contribution is 7.80. The first-order valence-electron chi connectivity index (χ1n) is 4.80. The second kappa shape index (κ2) is 5.50. The summed E-state index contributed by atoms with van der Waals surface area (Å²) in [7, 11) is 0. The SMILES string of the molecule is O=C(CCS)N(CCO)C1CCC1. The van der Waals surface area contributed by atoms with E-state index >= 15 is 0 Å². The summed E-state index contributed by atoms with van der Waals surface area (Å²) in [6.07, 6.45) is 3.89. The first kappa shape index (κ1) is 10.9. The molecule has 13 heavy (non-hydrogen) atoms. The summed E-state index contributed by atoms with van der Waals surface area (Å²) in [4.78, 5) is 13.3. The van der Waals surface area contributed by atoms with Crippen molar-refractivity contribution in [1.82, 2.24) is 4.90 Å². The number of rotatable bonds is 5. The molecule has 1 amide bonds. The molecule has 1 rings (SSSR count). The van der Waals surface area contributed by atoms with Crippen LogP contribution in [-0.4, -0.2) is 40.9 Å². The first-order chi connectivity index (χ1) is 6.29. The molecular formula is C9H17NO2S. The van der Waals surface area contributed by atoms with Crippen LogP contribution in [0.4, 0.5) is 0 Å². The summed E-state index contributed by atoms with van der Waals surface area (Å²) >= 11 is 4.03. The van der Waals surface area contributed by atoms with E-state index in [0.717, 1.165) is 12.8 Å². The number of aliphatic hydroxyl groups is 1. The highest BCUT2D eigenvalue weighted by Gasteiger charge is 2.27. The topological polar surface area (TPSA) is 40.5 Å². The van der Waals surface area contributed by atoms with Crippen molar-refractivity contribution in [2.45, 2.75) is 31.7 Å². The number of nitrogens with zero attached hydrogens (tertiary/aromatic N) is 1. The fraction of sp³-hybridized carbons (Fsp3) is 0.889. The molecule has 4 heteroatoms. The van der Waals surface area contributed by atoms with Crippen molar-refractivity contribution in [3.63, 3.8) is 0 Å². The molecule has 76 valence electrons. The third-order valence-corrected chi connectivity index (χ3v) is 2.73. The van der Waals surface area contributed by atoms with E-state index < -0.39 is 0 Å². The number of amides is 1. The van der Waals surface area contributed by atoms with Crippen molar-refractivity contribution >= 4 is 18.5 Å². The van der Waals surface area contributed by atoms with Crippen LogP contribution in [0.15, 0.2) is 0 Å². The molecule has 1 N–H and O–H groups in total. The van der Waals surface area contributed by atoms with E-state index in [1.165, 1.54) is 6.42 Å². The molecule has 0 saturated heterocycles. The molecule has 3 nitrogen and oxygen atoms in total. The maximum absolute atomic E-state index is 11.5. The smallest absolute Gasteiger partial charge is 0.223 e. The fourth-order valence-electron chi connectivity index (χ4n) is 1.56. The molecule has 0 heterocycles. The van der Waals surface area contributed by atoms with Crippen LogP contribution in [0.3, 0.4) is 0 Å². The van der Waals surface area contributed by atoms with Crippen LogP contribution in [0.25, 0.3) is 0 Å². The summed E-state index contributed by atoms with van der Waals surface area (Å²) < 4.78 is 0. The van der Waals surface area contributed by atoms with Crippen molar-refractivity contribution < 1.29 is 9.90 Å². The monoisotopic (exact) mass is 203 g/mol. The van der Waals surface area contributed by atoms with Crippen LogP contribution in [-0.2, 0) is 4.79 Å². The minimum atomic E-state index is 0.0643. The van der Waals surface area contributed by atoms with Gasteiger partial charge in [-0.2, -0.15) is 12.6 Å². The number of thiol groups is 1. The van der Waals surface area contributed by atoms with Crippen molar-refractivity contribution in [2.75, 3.05) is 18.9 Å². The lowest BCUT2D eigenvalue weighted by Gasteiger charge is -2.37. The van der Waals surface area contributed by atoms with Gasteiger partial charge in [0.25, 0.3) is 0 Å². The number of carbonyl (C=O) groups excluding carboxylic acids is 1. The summed E-state index contributed by atoms with van der Waals surface area (Å²) in [6, 6.07) is 0.388. The van der Waals surface area contributed by atoms with E-state index in [2.05, 4.69) is 12.6 Å². The van der Waals surface area contributed by atoms with Gasteiger partial charge in [-0.1, -0.05) is 0 Å². The molecule has 0 aliphatic heterocycles. The van der Waals surface area contributed by atoms with Crippen molar-refractivity contribution in [1.29, 1.82) is 0 Å². The molecule has 0 aromatic carbocycles. The van der Waals surface area contributed by atoms with Gasteiger partial charge in [0, 0.05) is 19.0 Å². The van der Waals surface area contributed by atoms with Crippen molar-refractivity contribution in [3.8, 4) is 0 Å². The van der Waals surface area contributed by atoms with Gasteiger partial charge in [-0.15, -0.1) is 0 Å². The van der Waals surface area contributed by atoms with Gasteiger partial charge in [0.2, 0.25) is 5.91 Å². The van der Waals surface area contributed by atoms with Gasteiger partial charge in [-0.3, -0.25) is 4.79 Å². The lowest BCUT2D eigenvalue weighted by Crippen LogP contribution is -2.45. The zero-order valence-corrected chi connectivity index (χ0v) is 8.67. The predicted molar refractivity (Wildman–Crippen MR) is 54.9 cm³/mol. The molecule has 0 atom stereocenters. The van der Waals surface area contributed by atoms with Crippen LogP contribution < -0.4 is 0 Å².